The summed E-state index contributed by atoms with van der Waals surface area (Å²) < 4.78 is 10.8. The molecule has 1 aliphatic heterocycles. The summed E-state index contributed by atoms with van der Waals surface area (Å²) in [5, 5.41) is 0. The highest BCUT2D eigenvalue weighted by Crippen LogP contribution is 2.34. The Morgan fingerprint density at radius 2 is 1.94 bits per heavy atom. The molecule has 2 atom stereocenters. The van der Waals surface area contributed by atoms with E-state index in [9.17, 15) is 14.4 Å². The predicted octanol–water partition coefficient (Wildman–Crippen LogP) is 4.51. The average Bonchev–Trinajstić information content (AvgIpc) is 3.18. The second kappa shape index (κ2) is 9.77. The Kier molecular flexibility index (Phi) is 7.10. The van der Waals surface area contributed by atoms with Crippen LogP contribution in [0.4, 0.5) is 5.69 Å². The number of esters is 1. The summed E-state index contributed by atoms with van der Waals surface area (Å²) in [5.74, 6) is -0.242. The zero-order valence-electron chi connectivity index (χ0n) is 18.5. The third-order valence-electron chi connectivity index (χ3n) is 5.89. The van der Waals surface area contributed by atoms with Crippen molar-refractivity contribution in [1.29, 1.82) is 0 Å². The first-order valence-corrected chi connectivity index (χ1v) is 10.6. The number of anilines is 1. The van der Waals surface area contributed by atoms with Gasteiger partial charge in [-0.05, 0) is 49.1 Å². The largest absolute Gasteiger partial charge is 0.496 e. The molecule has 1 aliphatic rings. The number of ketones is 1. The van der Waals surface area contributed by atoms with Gasteiger partial charge in [0.2, 0.25) is 5.91 Å². The lowest BCUT2D eigenvalue weighted by Crippen LogP contribution is -2.27. The Morgan fingerprint density at radius 1 is 1.19 bits per heavy atom. The maximum Gasteiger partial charge on any atom is 0.311 e. The van der Waals surface area contributed by atoms with Crippen molar-refractivity contribution in [2.45, 2.75) is 46.1 Å². The molecule has 0 N–H and O–H groups in total. The van der Waals surface area contributed by atoms with E-state index in [2.05, 4.69) is 13.8 Å². The van der Waals surface area contributed by atoms with Gasteiger partial charge in [-0.3, -0.25) is 14.4 Å². The molecule has 31 heavy (non-hydrogen) atoms. The second-order valence-corrected chi connectivity index (χ2v) is 7.96. The highest BCUT2D eigenvalue weighted by molar-refractivity contribution is 6.00. The zero-order valence-corrected chi connectivity index (χ0v) is 18.5. The van der Waals surface area contributed by atoms with Gasteiger partial charge in [0, 0.05) is 29.8 Å². The minimum atomic E-state index is -0.528. The summed E-state index contributed by atoms with van der Waals surface area (Å²) >= 11 is 0. The maximum atomic E-state index is 12.7. The minimum Gasteiger partial charge on any atom is -0.496 e. The molecular formula is C25H29NO5. The molecule has 0 radical (unpaired) electrons. The SMILES string of the molecule is CC[C@H](C)c1ccccc1N1C[C@@H](C(=O)OCc2cc(C(C)=O)ccc2OC)CC1=O. The number of hydrogen-bond acceptors (Lipinski definition) is 5. The number of carbonyl (C=O) groups is 3. The molecular weight excluding hydrogens is 394 g/mol. The fourth-order valence-electron chi connectivity index (χ4n) is 3.85. The lowest BCUT2D eigenvalue weighted by atomic mass is 9.96. The summed E-state index contributed by atoms with van der Waals surface area (Å²) in [4.78, 5) is 38.8. The Balaban J connectivity index is 1.71. The average molecular weight is 424 g/mol. The van der Waals surface area contributed by atoms with E-state index in [1.54, 1.807) is 23.1 Å². The summed E-state index contributed by atoms with van der Waals surface area (Å²) in [5.41, 5.74) is 3.12. The van der Waals surface area contributed by atoms with Crippen LogP contribution < -0.4 is 9.64 Å². The van der Waals surface area contributed by atoms with E-state index in [1.807, 2.05) is 24.3 Å². The quantitative estimate of drug-likeness (QED) is 0.461. The second-order valence-electron chi connectivity index (χ2n) is 7.96. The highest BCUT2D eigenvalue weighted by atomic mass is 16.5. The number of para-hydroxylation sites is 1. The van der Waals surface area contributed by atoms with Gasteiger partial charge in [0.1, 0.15) is 12.4 Å². The van der Waals surface area contributed by atoms with Gasteiger partial charge in [0.15, 0.2) is 5.78 Å². The molecule has 2 aromatic carbocycles. The van der Waals surface area contributed by atoms with Gasteiger partial charge in [-0.2, -0.15) is 0 Å². The van der Waals surface area contributed by atoms with Crippen molar-refractivity contribution in [3.63, 3.8) is 0 Å². The Labute approximate surface area is 183 Å². The molecule has 1 saturated heterocycles. The van der Waals surface area contributed by atoms with Crippen LogP contribution in [-0.2, 0) is 20.9 Å². The highest BCUT2D eigenvalue weighted by Gasteiger charge is 2.37. The molecule has 3 rings (SSSR count). The minimum absolute atomic E-state index is 0.0166. The van der Waals surface area contributed by atoms with Gasteiger partial charge >= 0.3 is 5.97 Å². The van der Waals surface area contributed by atoms with Crippen molar-refractivity contribution in [2.75, 3.05) is 18.6 Å². The zero-order chi connectivity index (χ0) is 22.5. The molecule has 6 heteroatoms. The third kappa shape index (κ3) is 4.95. The van der Waals surface area contributed by atoms with Crippen LogP contribution in [0.5, 0.6) is 5.75 Å². The van der Waals surface area contributed by atoms with Crippen LogP contribution in [0.3, 0.4) is 0 Å². The van der Waals surface area contributed by atoms with E-state index in [0.29, 0.717) is 29.3 Å². The third-order valence-corrected chi connectivity index (χ3v) is 5.89. The molecule has 0 unspecified atom stereocenters. The molecule has 0 aromatic heterocycles. The molecule has 0 aliphatic carbocycles. The summed E-state index contributed by atoms with van der Waals surface area (Å²) in [6, 6.07) is 12.9. The van der Waals surface area contributed by atoms with Crippen molar-refractivity contribution >= 4 is 23.3 Å². The number of nitrogens with zero attached hydrogens (tertiary/aromatic N) is 1. The van der Waals surface area contributed by atoms with E-state index < -0.39 is 11.9 Å². The number of methoxy groups -OCH3 is 1. The van der Waals surface area contributed by atoms with Gasteiger partial charge in [0.25, 0.3) is 0 Å². The number of benzene rings is 2. The van der Waals surface area contributed by atoms with E-state index in [4.69, 9.17) is 9.47 Å². The molecule has 1 fully saturated rings. The molecule has 6 nitrogen and oxygen atoms in total. The van der Waals surface area contributed by atoms with Crippen LogP contribution in [0.15, 0.2) is 42.5 Å². The van der Waals surface area contributed by atoms with Gasteiger partial charge in [0.05, 0.1) is 13.0 Å². The fraction of sp³-hybridized carbons (Fsp3) is 0.400. The molecule has 164 valence electrons. The normalized spacial score (nSPS) is 16.8. The first-order valence-electron chi connectivity index (χ1n) is 10.6. The Bertz CT molecular complexity index is 984. The molecule has 0 spiro atoms. The number of amides is 1. The smallest absolute Gasteiger partial charge is 0.311 e. The van der Waals surface area contributed by atoms with E-state index in [-0.39, 0.29) is 24.7 Å². The lowest BCUT2D eigenvalue weighted by Gasteiger charge is -2.23. The van der Waals surface area contributed by atoms with Crippen molar-refractivity contribution in [1.82, 2.24) is 0 Å². The van der Waals surface area contributed by atoms with Crippen LogP contribution in [0, 0.1) is 5.92 Å². The van der Waals surface area contributed by atoms with Crippen LogP contribution in [0.1, 0.15) is 61.0 Å². The summed E-state index contributed by atoms with van der Waals surface area (Å²) in [7, 11) is 1.52. The van der Waals surface area contributed by atoms with Crippen LogP contribution >= 0.6 is 0 Å². The number of Topliss-reactive ketones (excluding diaryl/α,β-unsaturated/α-hetero) is 1. The standard InChI is InChI=1S/C25H29NO5/c1-5-16(2)21-8-6-7-9-22(21)26-14-19(13-24(26)28)25(29)31-15-20-12-18(17(3)27)10-11-23(20)30-4/h6-12,16,19H,5,13-15H2,1-4H3/t16-,19-/m0/s1. The number of hydrogen-bond donors (Lipinski definition) is 0. The van der Waals surface area contributed by atoms with E-state index >= 15 is 0 Å². The topological polar surface area (TPSA) is 72.9 Å². The van der Waals surface area contributed by atoms with Crippen LogP contribution in [-0.4, -0.2) is 31.3 Å². The number of carbonyl (C=O) groups excluding carboxylic acids is 3. The number of rotatable bonds is 8. The van der Waals surface area contributed by atoms with Crippen molar-refractivity contribution < 1.29 is 23.9 Å². The summed E-state index contributed by atoms with van der Waals surface area (Å²) in [6.07, 6.45) is 1.09. The summed E-state index contributed by atoms with van der Waals surface area (Å²) in [6.45, 7) is 6.01. The molecule has 1 heterocycles. The Hall–Kier alpha value is -3.15. The van der Waals surface area contributed by atoms with Gasteiger partial charge in [-0.25, -0.2) is 0 Å². The van der Waals surface area contributed by atoms with Crippen molar-refractivity contribution in [2.24, 2.45) is 5.92 Å². The maximum absolute atomic E-state index is 12.7. The lowest BCUT2D eigenvalue weighted by molar-refractivity contribution is -0.149. The van der Waals surface area contributed by atoms with Crippen LogP contribution in [0.2, 0.25) is 0 Å². The van der Waals surface area contributed by atoms with E-state index in [1.165, 1.54) is 14.0 Å². The molecule has 0 bridgehead atoms. The van der Waals surface area contributed by atoms with Gasteiger partial charge in [-0.15, -0.1) is 0 Å². The first kappa shape index (κ1) is 22.5. The molecule has 1 amide bonds. The van der Waals surface area contributed by atoms with Crippen LogP contribution in [0.25, 0.3) is 0 Å². The fourth-order valence-corrected chi connectivity index (χ4v) is 3.85. The molecule has 2 aromatic rings. The van der Waals surface area contributed by atoms with Gasteiger partial charge in [-0.1, -0.05) is 32.0 Å². The Morgan fingerprint density at radius 3 is 2.61 bits per heavy atom. The van der Waals surface area contributed by atoms with Crippen molar-refractivity contribution in [3.8, 4) is 5.75 Å². The predicted molar refractivity (Wildman–Crippen MR) is 118 cm³/mol. The van der Waals surface area contributed by atoms with Gasteiger partial charge < -0.3 is 14.4 Å². The van der Waals surface area contributed by atoms with Crippen molar-refractivity contribution in [3.05, 3.63) is 59.2 Å². The monoisotopic (exact) mass is 423 g/mol. The first-order chi connectivity index (χ1) is 14.8. The van der Waals surface area contributed by atoms with E-state index in [0.717, 1.165) is 17.7 Å². The number of ether oxygens (including phenoxy) is 2. The molecule has 0 saturated carbocycles.